The lowest BCUT2D eigenvalue weighted by Crippen LogP contribution is -1.90. The highest BCUT2D eigenvalue weighted by atomic mass is 16.6. The van der Waals surface area contributed by atoms with Gasteiger partial charge in [-0.25, -0.2) is 0 Å². The van der Waals surface area contributed by atoms with E-state index in [1.807, 2.05) is 0 Å². The van der Waals surface area contributed by atoms with Gasteiger partial charge in [0.25, 0.3) is 5.69 Å². The summed E-state index contributed by atoms with van der Waals surface area (Å²) in [4.78, 5) is 14.0. The van der Waals surface area contributed by atoms with Crippen molar-refractivity contribution in [3.05, 3.63) is 46.3 Å². The SMILES string of the molecule is O=[N+]([O-])c1ccc2cc(CO)ncc2c1. The average molecular weight is 204 g/mol. The monoisotopic (exact) mass is 204 g/mol. The number of hydrogen-bond donors (Lipinski definition) is 1. The Labute approximate surface area is 85.1 Å². The van der Waals surface area contributed by atoms with Gasteiger partial charge < -0.3 is 5.11 Å². The van der Waals surface area contributed by atoms with Crippen LogP contribution in [0.15, 0.2) is 30.5 Å². The molecular weight excluding hydrogens is 196 g/mol. The lowest BCUT2D eigenvalue weighted by Gasteiger charge is -1.99. The van der Waals surface area contributed by atoms with Crippen LogP contribution in [0.1, 0.15) is 5.69 Å². The molecule has 5 heteroatoms. The third kappa shape index (κ3) is 1.77. The topological polar surface area (TPSA) is 76.3 Å². The van der Waals surface area contributed by atoms with Crippen LogP contribution in [-0.2, 0) is 6.61 Å². The van der Waals surface area contributed by atoms with Crippen molar-refractivity contribution in [2.75, 3.05) is 0 Å². The van der Waals surface area contributed by atoms with Gasteiger partial charge in [-0.1, -0.05) is 0 Å². The van der Waals surface area contributed by atoms with Gasteiger partial charge in [0.1, 0.15) is 0 Å². The second-order valence-electron chi connectivity index (χ2n) is 3.12. The van der Waals surface area contributed by atoms with Crippen LogP contribution in [0.2, 0.25) is 0 Å². The zero-order valence-electron chi connectivity index (χ0n) is 7.75. The lowest BCUT2D eigenvalue weighted by atomic mass is 10.1. The fraction of sp³-hybridized carbons (Fsp3) is 0.100. The summed E-state index contributed by atoms with van der Waals surface area (Å²) in [5, 5.41) is 20.9. The summed E-state index contributed by atoms with van der Waals surface area (Å²) in [6.45, 7) is -0.132. The highest BCUT2D eigenvalue weighted by Crippen LogP contribution is 2.20. The minimum Gasteiger partial charge on any atom is -0.390 e. The number of hydrogen-bond acceptors (Lipinski definition) is 4. The molecule has 0 aliphatic carbocycles. The second kappa shape index (κ2) is 3.62. The molecule has 1 heterocycles. The number of aliphatic hydroxyl groups excluding tert-OH is 1. The number of nitro groups is 1. The van der Waals surface area contributed by atoms with Crippen molar-refractivity contribution >= 4 is 16.5 Å². The summed E-state index contributed by atoms with van der Waals surface area (Å²) in [5.74, 6) is 0. The molecule has 2 rings (SSSR count). The van der Waals surface area contributed by atoms with Crippen LogP contribution in [0.5, 0.6) is 0 Å². The molecule has 0 aliphatic rings. The van der Waals surface area contributed by atoms with Crippen molar-refractivity contribution in [1.29, 1.82) is 0 Å². The van der Waals surface area contributed by atoms with Gasteiger partial charge in [-0.2, -0.15) is 0 Å². The molecule has 1 N–H and O–H groups in total. The minimum absolute atomic E-state index is 0.0426. The smallest absolute Gasteiger partial charge is 0.270 e. The van der Waals surface area contributed by atoms with E-state index in [-0.39, 0.29) is 12.3 Å². The zero-order valence-corrected chi connectivity index (χ0v) is 7.75. The molecule has 15 heavy (non-hydrogen) atoms. The Kier molecular flexibility index (Phi) is 2.31. The molecule has 0 unspecified atom stereocenters. The molecule has 0 aliphatic heterocycles. The van der Waals surface area contributed by atoms with Gasteiger partial charge in [-0.15, -0.1) is 0 Å². The van der Waals surface area contributed by atoms with Gasteiger partial charge >= 0.3 is 0 Å². The lowest BCUT2D eigenvalue weighted by molar-refractivity contribution is -0.384. The van der Waals surface area contributed by atoms with Gasteiger partial charge in [0.2, 0.25) is 0 Å². The fourth-order valence-electron chi connectivity index (χ4n) is 1.37. The number of nitro benzene ring substituents is 1. The van der Waals surface area contributed by atoms with E-state index in [0.717, 1.165) is 5.39 Å². The number of aromatic nitrogens is 1. The number of non-ortho nitro benzene ring substituents is 1. The number of benzene rings is 1. The highest BCUT2D eigenvalue weighted by Gasteiger charge is 2.06. The molecule has 0 saturated heterocycles. The van der Waals surface area contributed by atoms with Gasteiger partial charge in [0.15, 0.2) is 0 Å². The molecule has 5 nitrogen and oxygen atoms in total. The summed E-state index contributed by atoms with van der Waals surface area (Å²) in [6.07, 6.45) is 1.52. The zero-order chi connectivity index (χ0) is 10.8. The summed E-state index contributed by atoms with van der Waals surface area (Å²) >= 11 is 0. The molecule has 1 aromatic heterocycles. The number of fused-ring (bicyclic) bond motifs is 1. The van der Waals surface area contributed by atoms with Crippen molar-refractivity contribution in [3.63, 3.8) is 0 Å². The predicted octanol–water partition coefficient (Wildman–Crippen LogP) is 1.64. The maximum absolute atomic E-state index is 10.5. The predicted molar refractivity (Wildman–Crippen MR) is 54.3 cm³/mol. The van der Waals surface area contributed by atoms with Gasteiger partial charge in [-0.05, 0) is 17.5 Å². The van der Waals surface area contributed by atoms with Gasteiger partial charge in [0, 0.05) is 23.7 Å². The molecule has 0 radical (unpaired) electrons. The van der Waals surface area contributed by atoms with Crippen molar-refractivity contribution in [2.24, 2.45) is 0 Å². The largest absolute Gasteiger partial charge is 0.390 e. The van der Waals surface area contributed by atoms with Crippen LogP contribution in [0, 0.1) is 10.1 Å². The van der Waals surface area contributed by atoms with E-state index in [1.54, 1.807) is 12.1 Å². The van der Waals surface area contributed by atoms with E-state index < -0.39 is 4.92 Å². The Hall–Kier alpha value is -2.01. The maximum atomic E-state index is 10.5. The Morgan fingerprint density at radius 3 is 2.80 bits per heavy atom. The Morgan fingerprint density at radius 1 is 1.33 bits per heavy atom. The van der Waals surface area contributed by atoms with Crippen LogP contribution in [-0.4, -0.2) is 15.0 Å². The third-order valence-electron chi connectivity index (χ3n) is 2.13. The molecule has 1 aromatic carbocycles. The number of aliphatic hydroxyl groups is 1. The molecule has 0 bridgehead atoms. The Morgan fingerprint density at radius 2 is 2.13 bits per heavy atom. The van der Waals surface area contributed by atoms with E-state index in [0.29, 0.717) is 11.1 Å². The van der Waals surface area contributed by atoms with Crippen molar-refractivity contribution in [2.45, 2.75) is 6.61 Å². The summed E-state index contributed by atoms with van der Waals surface area (Å²) in [5.41, 5.74) is 0.595. The van der Waals surface area contributed by atoms with Crippen LogP contribution >= 0.6 is 0 Å². The number of pyridine rings is 1. The Balaban J connectivity index is 2.59. The molecule has 76 valence electrons. The molecule has 2 aromatic rings. The van der Waals surface area contributed by atoms with Gasteiger partial charge in [-0.3, -0.25) is 15.1 Å². The standard InChI is InChI=1S/C10H8N2O3/c13-6-9-3-7-1-2-10(12(14)15)4-8(7)5-11-9/h1-5,13H,6H2. The van der Waals surface area contributed by atoms with Crippen LogP contribution < -0.4 is 0 Å². The molecule has 0 amide bonds. The highest BCUT2D eigenvalue weighted by molar-refractivity contribution is 5.84. The number of nitrogens with zero attached hydrogens (tertiary/aromatic N) is 2. The van der Waals surface area contributed by atoms with Crippen LogP contribution in [0.25, 0.3) is 10.8 Å². The quantitative estimate of drug-likeness (QED) is 0.595. The maximum Gasteiger partial charge on any atom is 0.270 e. The normalized spacial score (nSPS) is 10.5. The van der Waals surface area contributed by atoms with E-state index in [1.165, 1.54) is 18.3 Å². The molecule has 0 atom stereocenters. The average Bonchev–Trinajstić information content (AvgIpc) is 2.27. The summed E-state index contributed by atoms with van der Waals surface area (Å²) in [6, 6.07) is 6.25. The van der Waals surface area contributed by atoms with E-state index in [4.69, 9.17) is 5.11 Å². The summed E-state index contributed by atoms with van der Waals surface area (Å²) in [7, 11) is 0. The van der Waals surface area contributed by atoms with Crippen LogP contribution in [0.4, 0.5) is 5.69 Å². The van der Waals surface area contributed by atoms with E-state index in [9.17, 15) is 10.1 Å². The van der Waals surface area contributed by atoms with Crippen molar-refractivity contribution < 1.29 is 10.0 Å². The molecule has 0 fully saturated rings. The number of rotatable bonds is 2. The fourth-order valence-corrected chi connectivity index (χ4v) is 1.37. The first-order valence-electron chi connectivity index (χ1n) is 4.34. The van der Waals surface area contributed by atoms with E-state index in [2.05, 4.69) is 4.98 Å². The summed E-state index contributed by atoms with van der Waals surface area (Å²) < 4.78 is 0. The third-order valence-corrected chi connectivity index (χ3v) is 2.13. The first kappa shape index (κ1) is 9.54. The minimum atomic E-state index is -0.445. The van der Waals surface area contributed by atoms with Gasteiger partial charge in [0.05, 0.1) is 17.2 Å². The van der Waals surface area contributed by atoms with Crippen molar-refractivity contribution in [1.82, 2.24) is 4.98 Å². The molecule has 0 spiro atoms. The van der Waals surface area contributed by atoms with Crippen molar-refractivity contribution in [3.8, 4) is 0 Å². The molecular formula is C10H8N2O3. The first-order valence-corrected chi connectivity index (χ1v) is 4.34. The first-order chi connectivity index (χ1) is 7.20. The van der Waals surface area contributed by atoms with Crippen LogP contribution in [0.3, 0.4) is 0 Å². The Bertz CT molecular complexity index is 525. The molecule has 0 saturated carbocycles. The second-order valence-corrected chi connectivity index (χ2v) is 3.12. The van der Waals surface area contributed by atoms with E-state index >= 15 is 0 Å².